The molecule has 19 heavy (non-hydrogen) atoms. The molecule has 0 aliphatic heterocycles. The van der Waals surface area contributed by atoms with E-state index in [1.807, 2.05) is 0 Å². The second kappa shape index (κ2) is 5.34. The van der Waals surface area contributed by atoms with Crippen molar-refractivity contribution in [2.75, 3.05) is 0 Å². The van der Waals surface area contributed by atoms with Crippen molar-refractivity contribution in [3.63, 3.8) is 0 Å². The molecule has 98 valence electrons. The Morgan fingerprint density at radius 2 is 2.11 bits per heavy atom. The minimum absolute atomic E-state index is 0.0209. The molecule has 1 heterocycles. The number of nitrogens with zero attached hydrogens (tertiary/aromatic N) is 2. The third-order valence-corrected chi connectivity index (χ3v) is 2.53. The molecular formula is C13H12FN3O2. The Morgan fingerprint density at radius 3 is 2.79 bits per heavy atom. The third kappa shape index (κ3) is 2.62. The number of para-hydroxylation sites is 1. The molecular weight excluding hydrogens is 249 g/mol. The lowest BCUT2D eigenvalue weighted by molar-refractivity contribution is 0.318. The molecule has 0 amide bonds. The first-order chi connectivity index (χ1) is 9.13. The second-order valence-electron chi connectivity index (χ2n) is 3.83. The van der Waals surface area contributed by atoms with E-state index in [0.29, 0.717) is 11.1 Å². The molecule has 0 fully saturated rings. The molecule has 0 atom stereocenters. The smallest absolute Gasteiger partial charge is 0.230 e. The quantitative estimate of drug-likeness (QED) is 0.385. The predicted molar refractivity (Wildman–Crippen MR) is 68.0 cm³/mol. The van der Waals surface area contributed by atoms with Crippen LogP contribution in [0, 0.1) is 12.7 Å². The lowest BCUT2D eigenvalue weighted by atomic mass is 10.1. The monoisotopic (exact) mass is 261 g/mol. The molecule has 0 unspecified atom stereocenters. The summed E-state index contributed by atoms with van der Waals surface area (Å²) in [6, 6.07) is 7.61. The van der Waals surface area contributed by atoms with Crippen LogP contribution in [0.5, 0.6) is 11.6 Å². The van der Waals surface area contributed by atoms with E-state index in [0.717, 1.165) is 0 Å². The number of halogens is 1. The number of nitrogens with two attached hydrogens (primary N) is 1. The van der Waals surface area contributed by atoms with Crippen molar-refractivity contribution in [1.82, 2.24) is 4.98 Å². The largest absolute Gasteiger partial charge is 0.435 e. The summed E-state index contributed by atoms with van der Waals surface area (Å²) in [6.45, 7) is 1.75. The SMILES string of the molecule is Cc1ccnc(Oc2ccccc2F)c1/C(N)=N/O. The summed E-state index contributed by atoms with van der Waals surface area (Å²) in [5.74, 6) is -0.554. The zero-order valence-electron chi connectivity index (χ0n) is 10.2. The maximum absolute atomic E-state index is 13.5. The normalized spacial score (nSPS) is 11.4. The summed E-state index contributed by atoms with van der Waals surface area (Å²) in [5, 5.41) is 11.7. The van der Waals surface area contributed by atoms with Crippen molar-refractivity contribution in [3.05, 3.63) is 53.5 Å². The number of oxime groups is 1. The first kappa shape index (κ1) is 12.8. The fourth-order valence-corrected chi connectivity index (χ4v) is 1.60. The molecule has 0 saturated heterocycles. The molecule has 5 nitrogen and oxygen atoms in total. The topological polar surface area (TPSA) is 80.7 Å². The van der Waals surface area contributed by atoms with Crippen molar-refractivity contribution < 1.29 is 14.3 Å². The van der Waals surface area contributed by atoms with Gasteiger partial charge in [0.2, 0.25) is 5.88 Å². The van der Waals surface area contributed by atoms with Crippen molar-refractivity contribution in [1.29, 1.82) is 0 Å². The van der Waals surface area contributed by atoms with Gasteiger partial charge in [0.25, 0.3) is 0 Å². The molecule has 2 aromatic rings. The Hall–Kier alpha value is -2.63. The predicted octanol–water partition coefficient (Wildman–Crippen LogP) is 2.42. The number of ether oxygens (including phenoxy) is 1. The molecule has 1 aromatic heterocycles. The van der Waals surface area contributed by atoms with Crippen LogP contribution < -0.4 is 10.5 Å². The van der Waals surface area contributed by atoms with Gasteiger partial charge in [0, 0.05) is 6.20 Å². The molecule has 3 N–H and O–H groups in total. The van der Waals surface area contributed by atoms with Gasteiger partial charge in [-0.15, -0.1) is 0 Å². The number of aryl methyl sites for hydroxylation is 1. The fourth-order valence-electron chi connectivity index (χ4n) is 1.60. The van der Waals surface area contributed by atoms with Crippen molar-refractivity contribution in [3.8, 4) is 11.6 Å². The van der Waals surface area contributed by atoms with Crippen LogP contribution in [0.15, 0.2) is 41.7 Å². The molecule has 6 heteroatoms. The van der Waals surface area contributed by atoms with E-state index in [1.165, 1.54) is 18.3 Å². The molecule has 0 spiro atoms. The van der Waals surface area contributed by atoms with Gasteiger partial charge in [0.15, 0.2) is 17.4 Å². The van der Waals surface area contributed by atoms with E-state index in [2.05, 4.69) is 10.1 Å². The average Bonchev–Trinajstić information content (AvgIpc) is 2.41. The summed E-state index contributed by atoms with van der Waals surface area (Å²) >= 11 is 0. The first-order valence-electron chi connectivity index (χ1n) is 5.49. The highest BCUT2D eigenvalue weighted by Crippen LogP contribution is 2.26. The Kier molecular flexibility index (Phi) is 3.61. The summed E-state index contributed by atoms with van der Waals surface area (Å²) in [5.41, 5.74) is 6.61. The Labute approximate surface area is 109 Å². The molecule has 0 aliphatic carbocycles. The zero-order valence-corrected chi connectivity index (χ0v) is 10.2. The van der Waals surface area contributed by atoms with Gasteiger partial charge in [-0.25, -0.2) is 9.37 Å². The van der Waals surface area contributed by atoms with Crippen LogP contribution >= 0.6 is 0 Å². The van der Waals surface area contributed by atoms with Crippen molar-refractivity contribution in [2.45, 2.75) is 6.92 Å². The van der Waals surface area contributed by atoms with Gasteiger partial charge in [-0.2, -0.15) is 0 Å². The van der Waals surface area contributed by atoms with Crippen LogP contribution in [0.25, 0.3) is 0 Å². The van der Waals surface area contributed by atoms with Crippen LogP contribution in [-0.4, -0.2) is 16.0 Å². The number of pyridine rings is 1. The molecule has 0 radical (unpaired) electrons. The minimum atomic E-state index is -0.517. The highest BCUT2D eigenvalue weighted by molar-refractivity contribution is 6.00. The van der Waals surface area contributed by atoms with Gasteiger partial charge in [-0.3, -0.25) is 0 Å². The maximum atomic E-state index is 13.5. The fraction of sp³-hybridized carbons (Fsp3) is 0.0769. The van der Waals surface area contributed by atoms with Gasteiger partial charge in [0.05, 0.1) is 5.56 Å². The van der Waals surface area contributed by atoms with Gasteiger partial charge >= 0.3 is 0 Å². The van der Waals surface area contributed by atoms with E-state index >= 15 is 0 Å². The Bertz CT molecular complexity index is 629. The summed E-state index contributed by atoms with van der Waals surface area (Å²) in [6.07, 6.45) is 1.50. The van der Waals surface area contributed by atoms with Gasteiger partial charge in [0.1, 0.15) is 0 Å². The number of aromatic nitrogens is 1. The Morgan fingerprint density at radius 1 is 1.37 bits per heavy atom. The van der Waals surface area contributed by atoms with Crippen LogP contribution in [0.4, 0.5) is 4.39 Å². The highest BCUT2D eigenvalue weighted by Gasteiger charge is 2.15. The first-order valence-corrected chi connectivity index (χ1v) is 5.49. The number of rotatable bonds is 3. The summed E-state index contributed by atoms with van der Waals surface area (Å²) in [4.78, 5) is 3.98. The molecule has 0 saturated carbocycles. The Balaban J connectivity index is 2.47. The van der Waals surface area contributed by atoms with Crippen molar-refractivity contribution >= 4 is 5.84 Å². The van der Waals surface area contributed by atoms with Crippen LogP contribution in [0.2, 0.25) is 0 Å². The van der Waals surface area contributed by atoms with Gasteiger partial charge in [-0.1, -0.05) is 17.3 Å². The minimum Gasteiger partial charge on any atom is -0.435 e. The summed E-state index contributed by atoms with van der Waals surface area (Å²) < 4.78 is 18.9. The van der Waals surface area contributed by atoms with Gasteiger partial charge in [-0.05, 0) is 30.7 Å². The third-order valence-electron chi connectivity index (χ3n) is 2.53. The summed E-state index contributed by atoms with van der Waals surface area (Å²) in [7, 11) is 0. The zero-order chi connectivity index (χ0) is 13.8. The van der Waals surface area contributed by atoms with Gasteiger partial charge < -0.3 is 15.7 Å². The van der Waals surface area contributed by atoms with Crippen LogP contribution in [-0.2, 0) is 0 Å². The molecule has 1 aromatic carbocycles. The van der Waals surface area contributed by atoms with Crippen molar-refractivity contribution in [2.24, 2.45) is 10.9 Å². The molecule has 0 aliphatic rings. The lowest BCUT2D eigenvalue weighted by Gasteiger charge is -2.11. The molecule has 2 rings (SSSR count). The lowest BCUT2D eigenvalue weighted by Crippen LogP contribution is -2.16. The van der Waals surface area contributed by atoms with E-state index in [1.54, 1.807) is 25.1 Å². The second-order valence-corrected chi connectivity index (χ2v) is 3.83. The van der Waals surface area contributed by atoms with E-state index in [-0.39, 0.29) is 17.5 Å². The number of hydrogen-bond donors (Lipinski definition) is 2. The maximum Gasteiger partial charge on any atom is 0.230 e. The van der Waals surface area contributed by atoms with Crippen LogP contribution in [0.3, 0.4) is 0 Å². The van der Waals surface area contributed by atoms with E-state index in [9.17, 15) is 4.39 Å². The van der Waals surface area contributed by atoms with Crippen LogP contribution in [0.1, 0.15) is 11.1 Å². The van der Waals surface area contributed by atoms with E-state index < -0.39 is 5.82 Å². The highest BCUT2D eigenvalue weighted by atomic mass is 19.1. The number of hydrogen-bond acceptors (Lipinski definition) is 4. The standard InChI is InChI=1S/C13H12FN3O2/c1-8-6-7-16-13(11(8)12(15)17-18)19-10-5-3-2-4-9(10)14/h2-7,18H,1H3,(H2,15,17). The van der Waals surface area contributed by atoms with E-state index in [4.69, 9.17) is 15.7 Å². The number of amidine groups is 1. The molecule has 0 bridgehead atoms. The average molecular weight is 261 g/mol. The number of benzene rings is 1.